The molecule has 0 aliphatic rings. The molecule has 0 saturated carbocycles. The van der Waals surface area contributed by atoms with Crippen molar-refractivity contribution in [3.8, 4) is 0 Å². The van der Waals surface area contributed by atoms with Crippen molar-refractivity contribution in [3.63, 3.8) is 0 Å². The molecule has 0 saturated heterocycles. The SMILES string of the molecule is CCCCCCCCCCCCCCCCCC(=O)OCCCCCCCCC(C)C. The van der Waals surface area contributed by atoms with Crippen molar-refractivity contribution in [2.24, 2.45) is 5.92 Å². The third-order valence-electron chi connectivity index (χ3n) is 6.42. The van der Waals surface area contributed by atoms with Gasteiger partial charge in [-0.3, -0.25) is 4.79 Å². The molecule has 0 amide bonds. The molecule has 0 aromatic rings. The first-order chi connectivity index (χ1) is 15.2. The Kier molecular flexibility index (Phi) is 25.3. The quantitative estimate of drug-likeness (QED) is 0.105. The van der Waals surface area contributed by atoms with Crippen LogP contribution in [0, 0.1) is 5.92 Å². The van der Waals surface area contributed by atoms with Gasteiger partial charge in [-0.2, -0.15) is 0 Å². The molecule has 0 atom stereocenters. The van der Waals surface area contributed by atoms with Crippen molar-refractivity contribution in [2.75, 3.05) is 6.61 Å². The van der Waals surface area contributed by atoms with Crippen molar-refractivity contribution >= 4 is 5.97 Å². The van der Waals surface area contributed by atoms with Gasteiger partial charge in [-0.1, -0.05) is 149 Å². The zero-order valence-corrected chi connectivity index (χ0v) is 21.9. The van der Waals surface area contributed by atoms with Crippen molar-refractivity contribution < 1.29 is 9.53 Å². The lowest BCUT2D eigenvalue weighted by atomic mass is 10.0. The molecule has 0 aliphatic heterocycles. The van der Waals surface area contributed by atoms with E-state index in [4.69, 9.17) is 4.74 Å². The van der Waals surface area contributed by atoms with E-state index in [-0.39, 0.29) is 5.97 Å². The largest absolute Gasteiger partial charge is 0.466 e. The lowest BCUT2D eigenvalue weighted by Gasteiger charge is -2.06. The summed E-state index contributed by atoms with van der Waals surface area (Å²) in [6.07, 6.45) is 30.0. The van der Waals surface area contributed by atoms with Crippen molar-refractivity contribution in [2.45, 2.75) is 168 Å². The first kappa shape index (κ1) is 30.5. The second-order valence-corrected chi connectivity index (χ2v) is 10.2. The van der Waals surface area contributed by atoms with E-state index in [0.29, 0.717) is 13.0 Å². The van der Waals surface area contributed by atoms with E-state index in [1.807, 2.05) is 0 Å². The van der Waals surface area contributed by atoms with Crippen LogP contribution in [0.4, 0.5) is 0 Å². The summed E-state index contributed by atoms with van der Waals surface area (Å²) in [5.41, 5.74) is 0. The van der Waals surface area contributed by atoms with Crippen LogP contribution in [0.5, 0.6) is 0 Å². The molecule has 0 aromatic carbocycles. The maximum atomic E-state index is 11.8. The Labute approximate surface area is 196 Å². The molecule has 0 rings (SSSR count). The highest BCUT2D eigenvalue weighted by Crippen LogP contribution is 2.14. The van der Waals surface area contributed by atoms with Gasteiger partial charge in [-0.15, -0.1) is 0 Å². The van der Waals surface area contributed by atoms with E-state index in [1.165, 1.54) is 128 Å². The Morgan fingerprint density at radius 3 is 1.39 bits per heavy atom. The highest BCUT2D eigenvalue weighted by atomic mass is 16.5. The number of hydrogen-bond donors (Lipinski definition) is 0. The Balaban J connectivity index is 3.14. The average Bonchev–Trinajstić information content (AvgIpc) is 2.75. The number of carbonyl (C=O) groups is 1. The molecule has 0 fully saturated rings. The fraction of sp³-hybridized carbons (Fsp3) is 0.966. The Morgan fingerprint density at radius 1 is 0.548 bits per heavy atom. The lowest BCUT2D eigenvalue weighted by Crippen LogP contribution is -2.05. The van der Waals surface area contributed by atoms with E-state index in [1.54, 1.807) is 0 Å². The molecule has 0 spiro atoms. The van der Waals surface area contributed by atoms with Gasteiger partial charge in [0.1, 0.15) is 0 Å². The van der Waals surface area contributed by atoms with E-state index in [0.717, 1.165) is 18.8 Å². The smallest absolute Gasteiger partial charge is 0.305 e. The second kappa shape index (κ2) is 25.7. The van der Waals surface area contributed by atoms with Crippen molar-refractivity contribution in [3.05, 3.63) is 0 Å². The van der Waals surface area contributed by atoms with Crippen molar-refractivity contribution in [1.82, 2.24) is 0 Å². The molecule has 186 valence electrons. The normalized spacial score (nSPS) is 11.4. The summed E-state index contributed by atoms with van der Waals surface area (Å²) < 4.78 is 5.38. The molecule has 0 heterocycles. The third-order valence-corrected chi connectivity index (χ3v) is 6.42. The summed E-state index contributed by atoms with van der Waals surface area (Å²) in [4.78, 5) is 11.8. The highest BCUT2D eigenvalue weighted by Gasteiger charge is 2.02. The fourth-order valence-corrected chi connectivity index (χ4v) is 4.26. The molecule has 2 heteroatoms. The maximum absolute atomic E-state index is 11.8. The van der Waals surface area contributed by atoms with Gasteiger partial charge in [0.15, 0.2) is 0 Å². The minimum atomic E-state index is 0.0200. The van der Waals surface area contributed by atoms with Crippen LogP contribution in [0.15, 0.2) is 0 Å². The average molecular weight is 439 g/mol. The maximum Gasteiger partial charge on any atom is 0.305 e. The van der Waals surface area contributed by atoms with Crippen LogP contribution in [-0.2, 0) is 9.53 Å². The van der Waals surface area contributed by atoms with Gasteiger partial charge in [0.2, 0.25) is 0 Å². The molecule has 2 nitrogen and oxygen atoms in total. The lowest BCUT2D eigenvalue weighted by molar-refractivity contribution is -0.143. The van der Waals surface area contributed by atoms with E-state index in [9.17, 15) is 4.79 Å². The van der Waals surface area contributed by atoms with Gasteiger partial charge in [-0.05, 0) is 18.8 Å². The van der Waals surface area contributed by atoms with Gasteiger partial charge in [0.25, 0.3) is 0 Å². The van der Waals surface area contributed by atoms with Crippen LogP contribution >= 0.6 is 0 Å². The number of unbranched alkanes of at least 4 members (excludes halogenated alkanes) is 19. The molecular weight excluding hydrogens is 380 g/mol. The minimum Gasteiger partial charge on any atom is -0.466 e. The fourth-order valence-electron chi connectivity index (χ4n) is 4.26. The van der Waals surface area contributed by atoms with Gasteiger partial charge in [0.05, 0.1) is 6.61 Å². The summed E-state index contributed by atoms with van der Waals surface area (Å²) >= 11 is 0. The number of rotatable bonds is 25. The van der Waals surface area contributed by atoms with Crippen molar-refractivity contribution in [1.29, 1.82) is 0 Å². The number of hydrogen-bond acceptors (Lipinski definition) is 2. The molecule has 0 radical (unpaired) electrons. The summed E-state index contributed by atoms with van der Waals surface area (Å²) in [6, 6.07) is 0. The van der Waals surface area contributed by atoms with Gasteiger partial charge < -0.3 is 4.74 Å². The summed E-state index contributed by atoms with van der Waals surface area (Å²) in [6.45, 7) is 7.51. The van der Waals surface area contributed by atoms with E-state index >= 15 is 0 Å². The van der Waals surface area contributed by atoms with E-state index < -0.39 is 0 Å². The predicted octanol–water partition coefficient (Wildman–Crippen LogP) is 10.2. The molecule has 0 N–H and O–H groups in total. The number of esters is 1. The van der Waals surface area contributed by atoms with Gasteiger partial charge >= 0.3 is 5.97 Å². The van der Waals surface area contributed by atoms with Crippen LogP contribution in [-0.4, -0.2) is 12.6 Å². The zero-order valence-electron chi connectivity index (χ0n) is 21.9. The first-order valence-corrected chi connectivity index (χ1v) is 14.3. The monoisotopic (exact) mass is 438 g/mol. The second-order valence-electron chi connectivity index (χ2n) is 10.2. The first-order valence-electron chi connectivity index (χ1n) is 14.3. The molecular formula is C29H58O2. The summed E-state index contributed by atoms with van der Waals surface area (Å²) in [5.74, 6) is 0.857. The molecule has 0 bridgehead atoms. The Hall–Kier alpha value is -0.530. The minimum absolute atomic E-state index is 0.0200. The Morgan fingerprint density at radius 2 is 0.935 bits per heavy atom. The zero-order chi connectivity index (χ0) is 22.8. The number of ether oxygens (including phenoxy) is 1. The Bertz CT molecular complexity index is 351. The molecule has 0 unspecified atom stereocenters. The summed E-state index contributed by atoms with van der Waals surface area (Å²) in [5, 5.41) is 0. The molecule has 0 aliphatic carbocycles. The standard InChI is InChI=1S/C29H58O2/c1-4-5-6-7-8-9-10-11-12-13-14-15-16-20-23-26-29(30)31-27-24-21-18-17-19-22-25-28(2)3/h28H,4-27H2,1-3H3. The van der Waals surface area contributed by atoms with Gasteiger partial charge in [-0.25, -0.2) is 0 Å². The summed E-state index contributed by atoms with van der Waals surface area (Å²) in [7, 11) is 0. The van der Waals surface area contributed by atoms with Crippen LogP contribution < -0.4 is 0 Å². The highest BCUT2D eigenvalue weighted by molar-refractivity contribution is 5.69. The van der Waals surface area contributed by atoms with Gasteiger partial charge in [0, 0.05) is 6.42 Å². The van der Waals surface area contributed by atoms with Crippen LogP contribution in [0.1, 0.15) is 168 Å². The number of carbonyl (C=O) groups excluding carboxylic acids is 1. The topological polar surface area (TPSA) is 26.3 Å². The molecule has 0 aromatic heterocycles. The third kappa shape index (κ3) is 27.4. The predicted molar refractivity (Wildman–Crippen MR) is 138 cm³/mol. The van der Waals surface area contributed by atoms with Crippen LogP contribution in [0.3, 0.4) is 0 Å². The van der Waals surface area contributed by atoms with Crippen LogP contribution in [0.25, 0.3) is 0 Å². The van der Waals surface area contributed by atoms with Crippen LogP contribution in [0.2, 0.25) is 0 Å². The van der Waals surface area contributed by atoms with E-state index in [2.05, 4.69) is 20.8 Å². The molecule has 31 heavy (non-hydrogen) atoms.